The van der Waals surface area contributed by atoms with Crippen LogP contribution in [0.25, 0.3) is 0 Å². The number of para-hydroxylation sites is 3. The van der Waals surface area contributed by atoms with Crippen LogP contribution in [-0.2, 0) is 0 Å². The standard InChI is InChI=1S/C19H26N2/c1-15(2)13-14-16(3)21(17-9-5-4-6-10-17)19-12-8-7-11-18(19)20/h4-12,15-16H,13-14,20H2,1-3H3. The second-order valence-corrected chi connectivity index (χ2v) is 6.08. The molecule has 2 heteroatoms. The Morgan fingerprint density at radius 2 is 1.48 bits per heavy atom. The molecule has 112 valence electrons. The molecule has 2 nitrogen and oxygen atoms in total. The summed E-state index contributed by atoms with van der Waals surface area (Å²) in [5.74, 6) is 0.721. The van der Waals surface area contributed by atoms with Gasteiger partial charge in [0.2, 0.25) is 0 Å². The van der Waals surface area contributed by atoms with Gasteiger partial charge in [-0.2, -0.15) is 0 Å². The molecule has 2 N–H and O–H groups in total. The summed E-state index contributed by atoms with van der Waals surface area (Å²) < 4.78 is 0. The van der Waals surface area contributed by atoms with Gasteiger partial charge < -0.3 is 10.6 Å². The topological polar surface area (TPSA) is 29.3 Å². The van der Waals surface area contributed by atoms with Gasteiger partial charge in [0.1, 0.15) is 0 Å². The zero-order valence-electron chi connectivity index (χ0n) is 13.3. The van der Waals surface area contributed by atoms with Gasteiger partial charge in [0, 0.05) is 11.7 Å². The zero-order chi connectivity index (χ0) is 15.2. The second kappa shape index (κ2) is 7.16. The van der Waals surface area contributed by atoms with Crippen LogP contribution in [0, 0.1) is 5.92 Å². The van der Waals surface area contributed by atoms with Crippen LogP contribution in [0.1, 0.15) is 33.6 Å². The number of nitrogens with two attached hydrogens (primary N) is 1. The molecule has 0 bridgehead atoms. The van der Waals surface area contributed by atoms with E-state index in [1.807, 2.05) is 12.1 Å². The van der Waals surface area contributed by atoms with Gasteiger partial charge in [-0.25, -0.2) is 0 Å². The van der Waals surface area contributed by atoms with Crippen molar-refractivity contribution in [3.8, 4) is 0 Å². The maximum atomic E-state index is 6.21. The number of benzene rings is 2. The minimum absolute atomic E-state index is 0.416. The maximum Gasteiger partial charge on any atom is 0.0646 e. The first-order valence-corrected chi connectivity index (χ1v) is 7.78. The molecular weight excluding hydrogens is 256 g/mol. The molecule has 1 atom stereocenters. The van der Waals surface area contributed by atoms with E-state index in [4.69, 9.17) is 5.73 Å². The van der Waals surface area contributed by atoms with Gasteiger partial charge in [0.15, 0.2) is 0 Å². The Bertz CT molecular complexity index is 549. The highest BCUT2D eigenvalue weighted by atomic mass is 15.2. The largest absolute Gasteiger partial charge is 0.397 e. The lowest BCUT2D eigenvalue weighted by atomic mass is 10.0. The summed E-state index contributed by atoms with van der Waals surface area (Å²) in [6, 6.07) is 19.0. The van der Waals surface area contributed by atoms with Gasteiger partial charge >= 0.3 is 0 Å². The van der Waals surface area contributed by atoms with Crippen LogP contribution >= 0.6 is 0 Å². The summed E-state index contributed by atoms with van der Waals surface area (Å²) >= 11 is 0. The Hall–Kier alpha value is -1.96. The molecule has 2 rings (SSSR count). The van der Waals surface area contributed by atoms with Gasteiger partial charge in [-0.1, -0.05) is 44.2 Å². The van der Waals surface area contributed by atoms with Crippen LogP contribution in [0.4, 0.5) is 17.1 Å². The third kappa shape index (κ3) is 4.01. The first-order valence-electron chi connectivity index (χ1n) is 7.78. The SMILES string of the molecule is CC(C)CCC(C)N(c1ccccc1)c1ccccc1N. The van der Waals surface area contributed by atoms with Crippen molar-refractivity contribution in [2.24, 2.45) is 5.92 Å². The predicted molar refractivity (Wildman–Crippen MR) is 93.0 cm³/mol. The van der Waals surface area contributed by atoms with Gasteiger partial charge in [0.05, 0.1) is 11.4 Å². The molecule has 0 spiro atoms. The lowest BCUT2D eigenvalue weighted by Gasteiger charge is -2.33. The van der Waals surface area contributed by atoms with Crippen molar-refractivity contribution in [3.63, 3.8) is 0 Å². The normalized spacial score (nSPS) is 12.4. The molecular formula is C19H26N2. The van der Waals surface area contributed by atoms with Crippen molar-refractivity contribution in [3.05, 3.63) is 54.6 Å². The highest BCUT2D eigenvalue weighted by Crippen LogP contribution is 2.33. The van der Waals surface area contributed by atoms with Crippen LogP contribution in [0.15, 0.2) is 54.6 Å². The van der Waals surface area contributed by atoms with Crippen molar-refractivity contribution in [1.29, 1.82) is 0 Å². The zero-order valence-corrected chi connectivity index (χ0v) is 13.3. The fraction of sp³-hybridized carbons (Fsp3) is 0.368. The molecule has 0 heterocycles. The van der Waals surface area contributed by atoms with E-state index in [1.54, 1.807) is 0 Å². The van der Waals surface area contributed by atoms with E-state index in [-0.39, 0.29) is 0 Å². The van der Waals surface area contributed by atoms with Gasteiger partial charge in [-0.3, -0.25) is 0 Å². The Morgan fingerprint density at radius 3 is 2.10 bits per heavy atom. The van der Waals surface area contributed by atoms with Gasteiger partial charge in [-0.05, 0) is 49.9 Å². The van der Waals surface area contributed by atoms with E-state index in [9.17, 15) is 0 Å². The number of hydrogen-bond donors (Lipinski definition) is 1. The molecule has 0 fully saturated rings. The van der Waals surface area contributed by atoms with E-state index in [2.05, 4.69) is 68.1 Å². The number of rotatable bonds is 6. The molecule has 21 heavy (non-hydrogen) atoms. The molecule has 0 saturated heterocycles. The monoisotopic (exact) mass is 282 g/mol. The third-order valence-corrected chi connectivity index (χ3v) is 3.83. The van der Waals surface area contributed by atoms with E-state index in [0.29, 0.717) is 6.04 Å². The summed E-state index contributed by atoms with van der Waals surface area (Å²) in [4.78, 5) is 2.36. The molecule has 0 aliphatic heterocycles. The summed E-state index contributed by atoms with van der Waals surface area (Å²) in [5.41, 5.74) is 9.34. The molecule has 0 aliphatic rings. The van der Waals surface area contributed by atoms with Crippen LogP contribution in [-0.4, -0.2) is 6.04 Å². The number of hydrogen-bond acceptors (Lipinski definition) is 2. The van der Waals surface area contributed by atoms with E-state index >= 15 is 0 Å². The lowest BCUT2D eigenvalue weighted by molar-refractivity contribution is 0.510. The van der Waals surface area contributed by atoms with Crippen molar-refractivity contribution in [1.82, 2.24) is 0 Å². The molecule has 0 saturated carbocycles. The van der Waals surface area contributed by atoms with E-state index in [1.165, 1.54) is 12.1 Å². The smallest absolute Gasteiger partial charge is 0.0646 e. The first kappa shape index (κ1) is 15.4. The minimum Gasteiger partial charge on any atom is -0.397 e. The van der Waals surface area contributed by atoms with Crippen molar-refractivity contribution >= 4 is 17.1 Å². The summed E-state index contributed by atoms with van der Waals surface area (Å²) in [6.45, 7) is 6.83. The second-order valence-electron chi connectivity index (χ2n) is 6.08. The van der Waals surface area contributed by atoms with Crippen molar-refractivity contribution in [2.75, 3.05) is 10.6 Å². The fourth-order valence-electron chi connectivity index (χ4n) is 2.63. The van der Waals surface area contributed by atoms with Crippen LogP contribution < -0.4 is 10.6 Å². The molecule has 1 unspecified atom stereocenters. The van der Waals surface area contributed by atoms with Crippen molar-refractivity contribution < 1.29 is 0 Å². The number of anilines is 3. The van der Waals surface area contributed by atoms with Crippen LogP contribution in [0.2, 0.25) is 0 Å². The first-order chi connectivity index (χ1) is 10.1. The van der Waals surface area contributed by atoms with E-state index in [0.717, 1.165) is 23.7 Å². The Labute approximate surface area is 128 Å². The molecule has 2 aromatic carbocycles. The van der Waals surface area contributed by atoms with Crippen LogP contribution in [0.5, 0.6) is 0 Å². The summed E-state index contributed by atoms with van der Waals surface area (Å²) in [6.07, 6.45) is 2.37. The van der Waals surface area contributed by atoms with Crippen LogP contribution in [0.3, 0.4) is 0 Å². The molecule has 2 aromatic rings. The fourth-order valence-corrected chi connectivity index (χ4v) is 2.63. The Morgan fingerprint density at radius 1 is 0.857 bits per heavy atom. The molecule has 0 radical (unpaired) electrons. The van der Waals surface area contributed by atoms with E-state index < -0.39 is 0 Å². The lowest BCUT2D eigenvalue weighted by Crippen LogP contribution is -2.29. The Kier molecular flexibility index (Phi) is 5.26. The third-order valence-electron chi connectivity index (χ3n) is 3.83. The highest BCUT2D eigenvalue weighted by molar-refractivity contribution is 5.75. The predicted octanol–water partition coefficient (Wildman–Crippen LogP) is 5.23. The van der Waals surface area contributed by atoms with Gasteiger partial charge in [-0.15, -0.1) is 0 Å². The molecule has 0 aliphatic carbocycles. The van der Waals surface area contributed by atoms with Gasteiger partial charge in [0.25, 0.3) is 0 Å². The quantitative estimate of drug-likeness (QED) is 0.735. The van der Waals surface area contributed by atoms with Crippen molar-refractivity contribution in [2.45, 2.75) is 39.7 Å². The number of nitrogen functional groups attached to an aromatic ring is 1. The number of nitrogens with zero attached hydrogens (tertiary/aromatic N) is 1. The molecule has 0 amide bonds. The maximum absolute atomic E-state index is 6.21. The average Bonchev–Trinajstić information content (AvgIpc) is 2.48. The minimum atomic E-state index is 0.416. The molecule has 0 aromatic heterocycles. The Balaban J connectivity index is 2.33. The highest BCUT2D eigenvalue weighted by Gasteiger charge is 2.18. The summed E-state index contributed by atoms with van der Waals surface area (Å²) in [5, 5.41) is 0. The average molecular weight is 282 g/mol. The summed E-state index contributed by atoms with van der Waals surface area (Å²) in [7, 11) is 0.